The minimum atomic E-state index is 0.781. The fourth-order valence-electron chi connectivity index (χ4n) is 2.99. The molecule has 0 saturated carbocycles. The van der Waals surface area contributed by atoms with Crippen molar-refractivity contribution in [2.75, 3.05) is 18.8 Å². The summed E-state index contributed by atoms with van der Waals surface area (Å²) in [6, 6.07) is 10.8. The van der Waals surface area contributed by atoms with Crippen LogP contribution in [0.3, 0.4) is 0 Å². The van der Waals surface area contributed by atoms with Gasteiger partial charge in [0.2, 0.25) is 0 Å². The SMILES string of the molecule is C1=CCC(CN(Cc2ccccc2)C2=NCCCS2)CC1. The summed E-state index contributed by atoms with van der Waals surface area (Å²) in [7, 11) is 0. The van der Waals surface area contributed by atoms with E-state index in [1.807, 2.05) is 11.8 Å². The Hall–Kier alpha value is -1.22. The molecule has 1 aliphatic heterocycles. The van der Waals surface area contributed by atoms with Gasteiger partial charge in [-0.3, -0.25) is 4.99 Å². The third-order valence-corrected chi connectivity index (χ3v) is 5.26. The van der Waals surface area contributed by atoms with Crippen LogP contribution in [-0.4, -0.2) is 28.9 Å². The van der Waals surface area contributed by atoms with Gasteiger partial charge in [-0.1, -0.05) is 54.2 Å². The molecule has 1 atom stereocenters. The van der Waals surface area contributed by atoms with Gasteiger partial charge >= 0.3 is 0 Å². The van der Waals surface area contributed by atoms with E-state index in [9.17, 15) is 0 Å². The lowest BCUT2D eigenvalue weighted by atomic mass is 9.94. The number of amidine groups is 1. The summed E-state index contributed by atoms with van der Waals surface area (Å²) in [6.45, 7) is 3.14. The zero-order valence-corrected chi connectivity index (χ0v) is 13.4. The Morgan fingerprint density at radius 1 is 1.19 bits per heavy atom. The topological polar surface area (TPSA) is 15.6 Å². The largest absolute Gasteiger partial charge is 0.347 e. The summed E-state index contributed by atoms with van der Waals surface area (Å²) >= 11 is 1.94. The summed E-state index contributed by atoms with van der Waals surface area (Å²) in [5, 5.41) is 1.26. The highest BCUT2D eigenvalue weighted by molar-refractivity contribution is 8.13. The molecule has 2 aliphatic rings. The van der Waals surface area contributed by atoms with Crippen LogP contribution in [0.1, 0.15) is 31.2 Å². The van der Waals surface area contributed by atoms with Crippen molar-refractivity contribution in [3.63, 3.8) is 0 Å². The number of benzene rings is 1. The van der Waals surface area contributed by atoms with Crippen LogP contribution in [0.5, 0.6) is 0 Å². The number of nitrogens with zero attached hydrogens (tertiary/aromatic N) is 2. The monoisotopic (exact) mass is 300 g/mol. The van der Waals surface area contributed by atoms with E-state index in [2.05, 4.69) is 47.4 Å². The molecule has 2 nitrogen and oxygen atoms in total. The molecule has 0 fully saturated rings. The predicted octanol–water partition coefficient (Wildman–Crippen LogP) is 4.34. The van der Waals surface area contributed by atoms with Gasteiger partial charge in [0.1, 0.15) is 0 Å². The van der Waals surface area contributed by atoms with Crippen molar-refractivity contribution >= 4 is 16.9 Å². The fourth-order valence-corrected chi connectivity index (χ4v) is 3.95. The van der Waals surface area contributed by atoms with E-state index in [0.717, 1.165) is 25.6 Å². The third-order valence-electron chi connectivity index (χ3n) is 4.12. The molecule has 3 rings (SSSR count). The zero-order chi connectivity index (χ0) is 14.3. The molecular weight excluding hydrogens is 276 g/mol. The first kappa shape index (κ1) is 14.7. The summed E-state index contributed by atoms with van der Waals surface area (Å²) in [4.78, 5) is 7.30. The number of allylic oxidation sites excluding steroid dienone is 2. The first-order valence-electron chi connectivity index (χ1n) is 8.03. The van der Waals surface area contributed by atoms with Gasteiger partial charge in [-0.25, -0.2) is 0 Å². The molecule has 1 unspecified atom stereocenters. The lowest BCUT2D eigenvalue weighted by molar-refractivity contribution is 0.319. The molecule has 1 aromatic rings. The van der Waals surface area contributed by atoms with Crippen LogP contribution in [0.25, 0.3) is 0 Å². The number of aliphatic imine (C=N–C) groups is 1. The van der Waals surface area contributed by atoms with Crippen molar-refractivity contribution < 1.29 is 0 Å². The number of hydrogen-bond acceptors (Lipinski definition) is 3. The molecule has 0 N–H and O–H groups in total. The molecule has 0 radical (unpaired) electrons. The van der Waals surface area contributed by atoms with E-state index < -0.39 is 0 Å². The van der Waals surface area contributed by atoms with Gasteiger partial charge in [0, 0.05) is 25.4 Å². The highest BCUT2D eigenvalue weighted by Crippen LogP contribution is 2.24. The van der Waals surface area contributed by atoms with Crippen LogP contribution in [0.4, 0.5) is 0 Å². The summed E-state index contributed by atoms with van der Waals surface area (Å²) in [6.07, 6.45) is 9.68. The van der Waals surface area contributed by atoms with Gasteiger partial charge in [0.05, 0.1) is 0 Å². The summed E-state index contributed by atoms with van der Waals surface area (Å²) in [5.74, 6) is 2.00. The van der Waals surface area contributed by atoms with Crippen LogP contribution in [0, 0.1) is 5.92 Å². The minimum Gasteiger partial charge on any atom is -0.347 e. The van der Waals surface area contributed by atoms with Gasteiger partial charge in [0.25, 0.3) is 0 Å². The van der Waals surface area contributed by atoms with Crippen molar-refractivity contribution in [3.8, 4) is 0 Å². The standard InChI is InChI=1S/C18H24N2S/c1-3-8-16(9-4-1)14-20(18-19-12-7-13-21-18)15-17-10-5-2-6-11-17/h1-5,8-9,17H,6-7,10-15H2. The fraction of sp³-hybridized carbons (Fsp3) is 0.500. The van der Waals surface area contributed by atoms with Gasteiger partial charge in [0.15, 0.2) is 5.17 Å². The Labute approximate surface area is 132 Å². The average molecular weight is 300 g/mol. The first-order valence-corrected chi connectivity index (χ1v) is 9.01. The zero-order valence-electron chi connectivity index (χ0n) is 12.6. The molecule has 0 amide bonds. The van der Waals surface area contributed by atoms with E-state index >= 15 is 0 Å². The van der Waals surface area contributed by atoms with Gasteiger partial charge in [-0.05, 0) is 37.2 Å². The molecule has 0 saturated heterocycles. The van der Waals surface area contributed by atoms with Crippen LogP contribution >= 0.6 is 11.8 Å². The van der Waals surface area contributed by atoms with Gasteiger partial charge in [-0.2, -0.15) is 0 Å². The van der Waals surface area contributed by atoms with Crippen molar-refractivity contribution in [3.05, 3.63) is 48.0 Å². The van der Waals surface area contributed by atoms with Crippen LogP contribution in [0.2, 0.25) is 0 Å². The van der Waals surface area contributed by atoms with Crippen LogP contribution in [0.15, 0.2) is 47.5 Å². The lowest BCUT2D eigenvalue weighted by Crippen LogP contribution is -2.35. The van der Waals surface area contributed by atoms with Crippen molar-refractivity contribution in [2.24, 2.45) is 10.9 Å². The second kappa shape index (κ2) is 7.69. The van der Waals surface area contributed by atoms with E-state index in [1.54, 1.807) is 0 Å². The maximum absolute atomic E-state index is 4.78. The molecule has 112 valence electrons. The number of thioether (sulfide) groups is 1. The molecule has 1 heterocycles. The maximum atomic E-state index is 4.78. The smallest absolute Gasteiger partial charge is 0.159 e. The van der Waals surface area contributed by atoms with Gasteiger partial charge < -0.3 is 4.90 Å². The summed E-state index contributed by atoms with van der Waals surface area (Å²) in [5.41, 5.74) is 1.39. The van der Waals surface area contributed by atoms with E-state index in [4.69, 9.17) is 4.99 Å². The Kier molecular flexibility index (Phi) is 5.39. The van der Waals surface area contributed by atoms with Crippen molar-refractivity contribution in [1.82, 2.24) is 4.90 Å². The molecule has 3 heteroatoms. The van der Waals surface area contributed by atoms with Crippen LogP contribution < -0.4 is 0 Å². The highest BCUT2D eigenvalue weighted by Gasteiger charge is 2.20. The Bertz CT molecular complexity index is 495. The summed E-state index contributed by atoms with van der Waals surface area (Å²) < 4.78 is 0. The van der Waals surface area contributed by atoms with Gasteiger partial charge in [-0.15, -0.1) is 0 Å². The van der Waals surface area contributed by atoms with Crippen LogP contribution in [-0.2, 0) is 6.54 Å². The molecule has 0 aromatic heterocycles. The first-order chi connectivity index (χ1) is 10.4. The second-order valence-corrected chi connectivity index (χ2v) is 6.94. The van der Waals surface area contributed by atoms with Crippen molar-refractivity contribution in [2.45, 2.75) is 32.2 Å². The second-order valence-electron chi connectivity index (χ2n) is 5.88. The number of hydrogen-bond donors (Lipinski definition) is 0. The molecular formula is C18H24N2S. The Morgan fingerprint density at radius 2 is 2.10 bits per heavy atom. The highest BCUT2D eigenvalue weighted by atomic mass is 32.2. The molecule has 1 aliphatic carbocycles. The lowest BCUT2D eigenvalue weighted by Gasteiger charge is -2.31. The van der Waals surface area contributed by atoms with E-state index in [-0.39, 0.29) is 0 Å². The normalized spacial score (nSPS) is 21.9. The minimum absolute atomic E-state index is 0.781. The Morgan fingerprint density at radius 3 is 2.81 bits per heavy atom. The average Bonchev–Trinajstić information content (AvgIpc) is 2.57. The Balaban J connectivity index is 1.70. The molecule has 0 spiro atoms. The number of rotatable bonds is 4. The third kappa shape index (κ3) is 4.37. The quantitative estimate of drug-likeness (QED) is 0.769. The van der Waals surface area contributed by atoms with E-state index in [1.165, 1.54) is 42.2 Å². The predicted molar refractivity (Wildman–Crippen MR) is 92.7 cm³/mol. The molecule has 21 heavy (non-hydrogen) atoms. The van der Waals surface area contributed by atoms with E-state index in [0.29, 0.717) is 0 Å². The van der Waals surface area contributed by atoms with Crippen molar-refractivity contribution in [1.29, 1.82) is 0 Å². The molecule has 1 aromatic carbocycles. The molecule has 0 bridgehead atoms. The maximum Gasteiger partial charge on any atom is 0.159 e.